The molecule has 0 bridgehead atoms. The number of hydrogen-bond donors (Lipinski definition) is 1. The second-order valence-electron chi connectivity index (χ2n) is 5.61. The van der Waals surface area contributed by atoms with Crippen molar-refractivity contribution in [2.24, 2.45) is 5.73 Å². The summed E-state index contributed by atoms with van der Waals surface area (Å²) in [4.78, 5) is 0. The van der Waals surface area contributed by atoms with Gasteiger partial charge in [-0.3, -0.25) is 0 Å². The molecule has 0 spiro atoms. The van der Waals surface area contributed by atoms with Crippen LogP contribution in [0, 0.1) is 6.92 Å². The van der Waals surface area contributed by atoms with Gasteiger partial charge >= 0.3 is 0 Å². The van der Waals surface area contributed by atoms with Crippen molar-refractivity contribution < 1.29 is 4.42 Å². The highest BCUT2D eigenvalue weighted by molar-refractivity contribution is 5.78. The molecular formula is C17H21NO. The third kappa shape index (κ3) is 2.74. The molecule has 1 aliphatic carbocycles. The van der Waals surface area contributed by atoms with Crippen LogP contribution in [0.5, 0.6) is 0 Å². The first-order chi connectivity index (χ1) is 9.22. The van der Waals surface area contributed by atoms with Crippen molar-refractivity contribution in [2.75, 3.05) is 0 Å². The van der Waals surface area contributed by atoms with Gasteiger partial charge in [-0.25, -0.2) is 0 Å². The van der Waals surface area contributed by atoms with Crippen LogP contribution in [0.3, 0.4) is 0 Å². The summed E-state index contributed by atoms with van der Waals surface area (Å²) in [5, 5.41) is 1.16. The fraction of sp³-hybridized carbons (Fsp3) is 0.412. The maximum absolute atomic E-state index is 6.29. The van der Waals surface area contributed by atoms with Crippen molar-refractivity contribution in [3.05, 3.63) is 47.2 Å². The fourth-order valence-corrected chi connectivity index (χ4v) is 2.84. The summed E-state index contributed by atoms with van der Waals surface area (Å²) in [5.41, 5.74) is 9.98. The van der Waals surface area contributed by atoms with E-state index >= 15 is 0 Å². The topological polar surface area (TPSA) is 39.2 Å². The summed E-state index contributed by atoms with van der Waals surface area (Å²) in [5.74, 6) is 0.909. The van der Waals surface area contributed by atoms with Crippen LogP contribution in [0.15, 0.2) is 40.3 Å². The summed E-state index contributed by atoms with van der Waals surface area (Å²) >= 11 is 0. The van der Waals surface area contributed by atoms with Crippen LogP contribution in [-0.4, -0.2) is 0 Å². The molecule has 0 aliphatic heterocycles. The lowest BCUT2D eigenvalue weighted by Gasteiger charge is -2.15. The van der Waals surface area contributed by atoms with Crippen LogP contribution >= 0.6 is 0 Å². The van der Waals surface area contributed by atoms with Crippen LogP contribution in [0.1, 0.15) is 49.5 Å². The Bertz CT molecular complexity index is 609. The summed E-state index contributed by atoms with van der Waals surface area (Å²) in [6.07, 6.45) is 8.32. The number of fused-ring (bicyclic) bond motifs is 1. The van der Waals surface area contributed by atoms with Gasteiger partial charge in [-0.1, -0.05) is 23.3 Å². The molecule has 1 unspecified atom stereocenters. The van der Waals surface area contributed by atoms with E-state index in [1.165, 1.54) is 36.8 Å². The molecule has 1 aromatic carbocycles. The Labute approximate surface area is 114 Å². The molecule has 100 valence electrons. The van der Waals surface area contributed by atoms with Crippen LogP contribution in [0.2, 0.25) is 0 Å². The van der Waals surface area contributed by atoms with Gasteiger partial charge in [0, 0.05) is 5.39 Å². The molecular weight excluding hydrogens is 234 g/mol. The van der Waals surface area contributed by atoms with E-state index in [-0.39, 0.29) is 6.04 Å². The van der Waals surface area contributed by atoms with Gasteiger partial charge in [0.2, 0.25) is 0 Å². The Morgan fingerprint density at radius 3 is 2.95 bits per heavy atom. The minimum atomic E-state index is -0.0166. The monoisotopic (exact) mass is 255 g/mol. The maximum atomic E-state index is 6.29. The number of hydrogen-bond acceptors (Lipinski definition) is 2. The van der Waals surface area contributed by atoms with Crippen molar-refractivity contribution in [3.63, 3.8) is 0 Å². The zero-order valence-corrected chi connectivity index (χ0v) is 11.5. The molecule has 1 heterocycles. The molecule has 2 N–H and O–H groups in total. The molecule has 1 atom stereocenters. The number of allylic oxidation sites excluding steroid dienone is 1. The van der Waals surface area contributed by atoms with E-state index in [1.807, 2.05) is 6.07 Å². The molecule has 0 saturated carbocycles. The summed E-state index contributed by atoms with van der Waals surface area (Å²) in [6.45, 7) is 2.10. The van der Waals surface area contributed by atoms with Crippen LogP contribution in [0.25, 0.3) is 11.0 Å². The second kappa shape index (κ2) is 5.22. The lowest BCUT2D eigenvalue weighted by molar-refractivity contribution is 0.486. The van der Waals surface area contributed by atoms with E-state index in [0.717, 1.165) is 23.2 Å². The van der Waals surface area contributed by atoms with Crippen molar-refractivity contribution >= 4 is 11.0 Å². The summed E-state index contributed by atoms with van der Waals surface area (Å²) < 4.78 is 5.87. The first kappa shape index (κ1) is 12.5. The number of nitrogens with two attached hydrogens (primary N) is 1. The largest absolute Gasteiger partial charge is 0.459 e. The zero-order chi connectivity index (χ0) is 13.2. The molecule has 3 rings (SSSR count). The lowest BCUT2D eigenvalue weighted by atomic mass is 9.94. The average Bonchev–Trinajstić information content (AvgIpc) is 2.83. The molecule has 0 radical (unpaired) electrons. The summed E-state index contributed by atoms with van der Waals surface area (Å²) in [7, 11) is 0. The quantitative estimate of drug-likeness (QED) is 0.812. The van der Waals surface area contributed by atoms with Crippen LogP contribution in [-0.2, 0) is 0 Å². The van der Waals surface area contributed by atoms with E-state index in [1.54, 1.807) is 0 Å². The highest BCUT2D eigenvalue weighted by Crippen LogP contribution is 2.29. The van der Waals surface area contributed by atoms with Gasteiger partial charge in [0.25, 0.3) is 0 Å². The molecule has 0 saturated heterocycles. The Morgan fingerprint density at radius 1 is 1.26 bits per heavy atom. The number of rotatable bonds is 3. The second-order valence-corrected chi connectivity index (χ2v) is 5.61. The van der Waals surface area contributed by atoms with Gasteiger partial charge in [-0.2, -0.15) is 0 Å². The van der Waals surface area contributed by atoms with Gasteiger partial charge in [0.15, 0.2) is 0 Å². The lowest BCUT2D eigenvalue weighted by Crippen LogP contribution is -2.11. The van der Waals surface area contributed by atoms with Crippen molar-refractivity contribution in [2.45, 2.75) is 45.1 Å². The molecule has 1 aromatic heterocycles. The smallest absolute Gasteiger partial charge is 0.134 e. The fourth-order valence-electron chi connectivity index (χ4n) is 2.84. The predicted molar refractivity (Wildman–Crippen MR) is 79.0 cm³/mol. The van der Waals surface area contributed by atoms with Crippen LogP contribution in [0.4, 0.5) is 0 Å². The highest BCUT2D eigenvalue weighted by atomic mass is 16.3. The predicted octanol–water partition coefficient (Wildman–Crippen LogP) is 4.63. The highest BCUT2D eigenvalue weighted by Gasteiger charge is 2.15. The minimum absolute atomic E-state index is 0.0166. The number of furan rings is 1. The molecule has 0 amide bonds. The Hall–Kier alpha value is -1.54. The SMILES string of the molecule is Cc1ccc2oc(C(N)CC3=CCCCC3)cc2c1. The van der Waals surface area contributed by atoms with Gasteiger partial charge in [0.1, 0.15) is 11.3 Å². The maximum Gasteiger partial charge on any atom is 0.134 e. The van der Waals surface area contributed by atoms with Crippen molar-refractivity contribution in [1.82, 2.24) is 0 Å². The first-order valence-corrected chi connectivity index (χ1v) is 7.16. The van der Waals surface area contributed by atoms with Crippen molar-refractivity contribution in [3.8, 4) is 0 Å². The zero-order valence-electron chi connectivity index (χ0n) is 11.5. The average molecular weight is 255 g/mol. The Morgan fingerprint density at radius 2 is 2.16 bits per heavy atom. The first-order valence-electron chi connectivity index (χ1n) is 7.16. The Kier molecular flexibility index (Phi) is 3.43. The van der Waals surface area contributed by atoms with Gasteiger partial charge in [-0.05, 0) is 57.2 Å². The van der Waals surface area contributed by atoms with Gasteiger partial charge in [0.05, 0.1) is 6.04 Å². The third-order valence-corrected chi connectivity index (χ3v) is 3.92. The van der Waals surface area contributed by atoms with E-state index in [4.69, 9.17) is 10.2 Å². The molecule has 2 aromatic rings. The molecule has 19 heavy (non-hydrogen) atoms. The van der Waals surface area contributed by atoms with Gasteiger partial charge < -0.3 is 10.2 Å². The minimum Gasteiger partial charge on any atom is -0.459 e. The normalized spacial score (nSPS) is 17.5. The molecule has 2 heteroatoms. The van der Waals surface area contributed by atoms with Gasteiger partial charge in [-0.15, -0.1) is 0 Å². The van der Waals surface area contributed by atoms with E-state index in [0.29, 0.717) is 0 Å². The molecule has 1 aliphatic rings. The molecule has 0 fully saturated rings. The summed E-state index contributed by atoms with van der Waals surface area (Å²) in [6, 6.07) is 8.33. The Balaban J connectivity index is 1.80. The van der Waals surface area contributed by atoms with E-state index < -0.39 is 0 Å². The van der Waals surface area contributed by atoms with Crippen molar-refractivity contribution in [1.29, 1.82) is 0 Å². The molecule has 2 nitrogen and oxygen atoms in total. The number of benzene rings is 1. The standard InChI is InChI=1S/C17H21NO/c1-12-7-8-16-14(9-12)11-17(19-16)15(18)10-13-5-3-2-4-6-13/h5,7-9,11,15H,2-4,6,10,18H2,1H3. The van der Waals surface area contributed by atoms with E-state index in [9.17, 15) is 0 Å². The van der Waals surface area contributed by atoms with E-state index in [2.05, 4.69) is 31.2 Å². The van der Waals surface area contributed by atoms with Crippen LogP contribution < -0.4 is 5.73 Å². The third-order valence-electron chi connectivity index (χ3n) is 3.92. The number of aryl methyl sites for hydroxylation is 1.